The molecule has 0 aromatic heterocycles. The number of rotatable bonds is 2. The fourth-order valence-corrected chi connectivity index (χ4v) is 2.50. The van der Waals surface area contributed by atoms with E-state index >= 15 is 0 Å². The maximum Gasteiger partial charge on any atom is 0.238 e. The van der Waals surface area contributed by atoms with E-state index in [2.05, 4.69) is 0 Å². The van der Waals surface area contributed by atoms with E-state index in [-0.39, 0.29) is 10.8 Å². The zero-order chi connectivity index (χ0) is 12.6. The fourth-order valence-electron chi connectivity index (χ4n) is 1.95. The summed E-state index contributed by atoms with van der Waals surface area (Å²) < 4.78 is 27.3. The first-order valence-electron chi connectivity index (χ1n) is 5.11. The van der Waals surface area contributed by atoms with E-state index in [1.807, 2.05) is 0 Å². The van der Waals surface area contributed by atoms with Crippen molar-refractivity contribution in [2.75, 3.05) is 12.3 Å². The summed E-state index contributed by atoms with van der Waals surface area (Å²) in [5.41, 5.74) is 6.75. The molecular formula is C10H14N2O4S. The monoisotopic (exact) mass is 258 g/mol. The Morgan fingerprint density at radius 1 is 1.41 bits per heavy atom. The van der Waals surface area contributed by atoms with Crippen molar-refractivity contribution >= 4 is 15.7 Å². The maximum atomic E-state index is 11.1. The zero-order valence-electron chi connectivity index (χ0n) is 9.04. The maximum absolute atomic E-state index is 11.1. The Balaban J connectivity index is 2.38. The molecule has 0 amide bonds. The summed E-state index contributed by atoms with van der Waals surface area (Å²) in [6.07, 6.45) is -0.238. The van der Waals surface area contributed by atoms with Crippen LogP contribution in [0.5, 0.6) is 0 Å². The Labute approximate surface area is 99.2 Å². The summed E-state index contributed by atoms with van der Waals surface area (Å²) in [7, 11) is -3.75. The van der Waals surface area contributed by atoms with Crippen LogP contribution in [-0.4, -0.2) is 26.4 Å². The molecule has 17 heavy (non-hydrogen) atoms. The van der Waals surface area contributed by atoms with Crippen LogP contribution in [-0.2, 0) is 14.8 Å². The van der Waals surface area contributed by atoms with Gasteiger partial charge < -0.3 is 15.6 Å². The number of aliphatic hydroxyl groups is 1. The third-order valence-electron chi connectivity index (χ3n) is 2.85. The minimum atomic E-state index is -3.75. The lowest BCUT2D eigenvalue weighted by Gasteiger charge is -2.16. The van der Waals surface area contributed by atoms with Crippen LogP contribution >= 0.6 is 0 Å². The molecule has 1 saturated heterocycles. The number of aliphatic hydroxyl groups excluding tert-OH is 1. The zero-order valence-corrected chi connectivity index (χ0v) is 9.85. The van der Waals surface area contributed by atoms with E-state index in [1.165, 1.54) is 12.1 Å². The number of anilines is 1. The summed E-state index contributed by atoms with van der Waals surface area (Å²) >= 11 is 0. The van der Waals surface area contributed by atoms with Gasteiger partial charge in [-0.3, -0.25) is 0 Å². The molecule has 6 nitrogen and oxygen atoms in total. The standard InChI is InChI=1S/C10H14N2O4S/c11-9-5-6(17(12,14)15)1-2-7(9)8-3-4-16-10(8)13/h1-2,5,8,10,13H,3-4,11H2,(H2,12,14,15)/t8-,10-/m0/s1. The van der Waals surface area contributed by atoms with Crippen LogP contribution in [0.4, 0.5) is 5.69 Å². The van der Waals surface area contributed by atoms with Crippen molar-refractivity contribution < 1.29 is 18.3 Å². The van der Waals surface area contributed by atoms with Crippen LogP contribution < -0.4 is 10.9 Å². The van der Waals surface area contributed by atoms with Crippen LogP contribution in [0.3, 0.4) is 0 Å². The van der Waals surface area contributed by atoms with Gasteiger partial charge in [0.1, 0.15) is 0 Å². The van der Waals surface area contributed by atoms with Crippen LogP contribution in [0, 0.1) is 0 Å². The van der Waals surface area contributed by atoms with Crippen molar-refractivity contribution in [3.8, 4) is 0 Å². The fraction of sp³-hybridized carbons (Fsp3) is 0.400. The largest absolute Gasteiger partial charge is 0.398 e. The van der Waals surface area contributed by atoms with Gasteiger partial charge in [-0.05, 0) is 24.1 Å². The highest BCUT2D eigenvalue weighted by atomic mass is 32.2. The van der Waals surface area contributed by atoms with Crippen molar-refractivity contribution in [1.82, 2.24) is 0 Å². The molecule has 5 N–H and O–H groups in total. The summed E-state index contributed by atoms with van der Waals surface area (Å²) in [4.78, 5) is -0.0350. The van der Waals surface area contributed by atoms with Gasteiger partial charge in [-0.25, -0.2) is 13.6 Å². The average molecular weight is 258 g/mol. The van der Waals surface area contributed by atoms with E-state index in [0.717, 1.165) is 0 Å². The van der Waals surface area contributed by atoms with Crippen molar-refractivity contribution in [3.63, 3.8) is 0 Å². The van der Waals surface area contributed by atoms with Gasteiger partial charge in [0, 0.05) is 11.6 Å². The molecule has 7 heteroatoms. The number of benzene rings is 1. The molecule has 1 aromatic rings. The van der Waals surface area contributed by atoms with Crippen molar-refractivity contribution in [1.29, 1.82) is 0 Å². The molecule has 0 unspecified atom stereocenters. The smallest absolute Gasteiger partial charge is 0.238 e. The van der Waals surface area contributed by atoms with E-state index in [4.69, 9.17) is 15.6 Å². The third kappa shape index (κ3) is 2.42. The second-order valence-electron chi connectivity index (χ2n) is 3.99. The molecule has 1 fully saturated rings. The number of nitrogen functional groups attached to an aromatic ring is 1. The highest BCUT2D eigenvalue weighted by Gasteiger charge is 2.29. The van der Waals surface area contributed by atoms with Crippen LogP contribution in [0.25, 0.3) is 0 Å². The molecule has 0 aliphatic carbocycles. The third-order valence-corrected chi connectivity index (χ3v) is 3.76. The van der Waals surface area contributed by atoms with Gasteiger partial charge in [0.15, 0.2) is 6.29 Å². The first kappa shape index (κ1) is 12.3. The Hall–Kier alpha value is -1.15. The highest BCUT2D eigenvalue weighted by molar-refractivity contribution is 7.89. The number of hydrogen-bond acceptors (Lipinski definition) is 5. The molecule has 1 heterocycles. The molecule has 2 rings (SSSR count). The lowest BCUT2D eigenvalue weighted by atomic mass is 9.96. The Bertz CT molecular complexity index is 529. The van der Waals surface area contributed by atoms with Crippen molar-refractivity contribution in [2.45, 2.75) is 23.5 Å². The second-order valence-corrected chi connectivity index (χ2v) is 5.55. The van der Waals surface area contributed by atoms with Gasteiger partial charge >= 0.3 is 0 Å². The Morgan fingerprint density at radius 3 is 2.59 bits per heavy atom. The van der Waals surface area contributed by atoms with Crippen LogP contribution in [0.2, 0.25) is 0 Å². The van der Waals surface area contributed by atoms with Gasteiger partial charge in [0.05, 0.1) is 11.5 Å². The average Bonchev–Trinajstić information content (AvgIpc) is 2.63. The Morgan fingerprint density at radius 2 is 2.12 bits per heavy atom. The van der Waals surface area contributed by atoms with Crippen LogP contribution in [0.1, 0.15) is 17.9 Å². The molecule has 1 aliphatic heterocycles. The molecule has 1 aromatic carbocycles. The van der Waals surface area contributed by atoms with E-state index in [9.17, 15) is 13.5 Å². The molecule has 1 aliphatic rings. The lowest BCUT2D eigenvalue weighted by Crippen LogP contribution is -2.16. The Kier molecular flexibility index (Phi) is 3.09. The molecule has 0 bridgehead atoms. The molecule has 0 spiro atoms. The number of primary sulfonamides is 1. The summed E-state index contributed by atoms with van der Waals surface area (Å²) in [5.74, 6) is -0.218. The van der Waals surface area contributed by atoms with E-state index in [0.29, 0.717) is 24.3 Å². The number of ether oxygens (including phenoxy) is 1. The quantitative estimate of drug-likeness (QED) is 0.632. The lowest BCUT2D eigenvalue weighted by molar-refractivity contribution is -0.0677. The summed E-state index contributed by atoms with van der Waals surface area (Å²) in [6.45, 7) is 0.461. The van der Waals surface area contributed by atoms with Crippen molar-refractivity contribution in [3.05, 3.63) is 23.8 Å². The number of hydrogen-bond donors (Lipinski definition) is 3. The minimum absolute atomic E-state index is 0.0350. The van der Waals surface area contributed by atoms with E-state index in [1.54, 1.807) is 6.07 Å². The van der Waals surface area contributed by atoms with Crippen molar-refractivity contribution in [2.24, 2.45) is 5.14 Å². The summed E-state index contributed by atoms with van der Waals surface area (Å²) in [5, 5.41) is 14.6. The number of sulfonamides is 1. The van der Waals surface area contributed by atoms with Gasteiger partial charge in [-0.2, -0.15) is 0 Å². The molecule has 2 atom stereocenters. The van der Waals surface area contributed by atoms with Gasteiger partial charge in [-0.1, -0.05) is 6.07 Å². The van der Waals surface area contributed by atoms with Crippen LogP contribution in [0.15, 0.2) is 23.1 Å². The summed E-state index contributed by atoms with van der Waals surface area (Å²) in [6, 6.07) is 4.25. The highest BCUT2D eigenvalue weighted by Crippen LogP contribution is 2.34. The predicted molar refractivity (Wildman–Crippen MR) is 61.5 cm³/mol. The first-order valence-corrected chi connectivity index (χ1v) is 6.66. The second kappa shape index (κ2) is 4.26. The SMILES string of the molecule is Nc1cc(S(N)(=O)=O)ccc1[C@@H]1CCO[C@@H]1O. The molecule has 0 radical (unpaired) electrons. The van der Waals surface area contributed by atoms with Gasteiger partial charge in [-0.15, -0.1) is 0 Å². The molecule has 94 valence electrons. The first-order chi connectivity index (χ1) is 7.89. The minimum Gasteiger partial charge on any atom is -0.398 e. The van der Waals surface area contributed by atoms with Gasteiger partial charge in [0.25, 0.3) is 0 Å². The molecular weight excluding hydrogens is 244 g/mol. The van der Waals surface area contributed by atoms with E-state index < -0.39 is 16.3 Å². The predicted octanol–water partition coefficient (Wildman–Crippen LogP) is -0.262. The number of nitrogens with two attached hydrogens (primary N) is 2. The van der Waals surface area contributed by atoms with Gasteiger partial charge in [0.2, 0.25) is 10.0 Å². The normalized spacial score (nSPS) is 25.1. The molecule has 0 saturated carbocycles. The topological polar surface area (TPSA) is 116 Å².